The molecule has 0 amide bonds. The Bertz CT molecular complexity index is 3130. The van der Waals surface area contributed by atoms with E-state index in [4.69, 9.17) is 4.74 Å². The lowest BCUT2D eigenvalue weighted by atomic mass is 9.43. The van der Waals surface area contributed by atoms with Gasteiger partial charge in [0.25, 0.3) is 0 Å². The minimum atomic E-state index is -0.0580. The number of ether oxygens (including phenoxy) is 1. The van der Waals surface area contributed by atoms with Gasteiger partial charge in [-0.25, -0.2) is 0 Å². The van der Waals surface area contributed by atoms with Crippen LogP contribution in [0.4, 0.5) is 11.4 Å². The SMILES string of the molecule is CC(C)(C)c1ccc2c(c1)Oc1cccc3c1N2B1c2cc4sc5ccccc5c4cc2-n2c4ccc(C(C)(C)C)cc4c4c5ccccc5c-3c1c42. The van der Waals surface area contributed by atoms with Crippen LogP contribution in [0.2, 0.25) is 0 Å². The normalized spacial score (nSPS) is 14.3. The third kappa shape index (κ3) is 3.76. The van der Waals surface area contributed by atoms with Gasteiger partial charge in [0.2, 0.25) is 0 Å². The predicted molar refractivity (Wildman–Crippen MR) is 228 cm³/mol. The van der Waals surface area contributed by atoms with Crippen molar-refractivity contribution in [2.24, 2.45) is 0 Å². The van der Waals surface area contributed by atoms with Crippen LogP contribution >= 0.6 is 11.3 Å². The third-order valence-electron chi connectivity index (χ3n) is 12.2. The van der Waals surface area contributed by atoms with Crippen molar-refractivity contribution in [3.05, 3.63) is 126 Å². The number of thiophene rings is 1. The molecule has 0 bridgehead atoms. The number of benzene rings is 7. The van der Waals surface area contributed by atoms with Crippen molar-refractivity contribution in [1.82, 2.24) is 4.57 Å². The van der Waals surface area contributed by atoms with Crippen molar-refractivity contribution in [2.45, 2.75) is 52.4 Å². The monoisotopic (exact) mass is 700 g/mol. The van der Waals surface area contributed by atoms with E-state index >= 15 is 0 Å². The lowest BCUT2D eigenvalue weighted by Gasteiger charge is -2.45. The maximum absolute atomic E-state index is 6.93. The molecule has 0 fully saturated rings. The van der Waals surface area contributed by atoms with Gasteiger partial charge in [0.1, 0.15) is 5.75 Å². The van der Waals surface area contributed by atoms with E-state index in [9.17, 15) is 0 Å². The molecule has 5 heteroatoms. The van der Waals surface area contributed by atoms with Gasteiger partial charge in [-0.05, 0) is 97.7 Å². The van der Waals surface area contributed by atoms with Gasteiger partial charge in [0, 0.05) is 42.2 Å². The molecule has 2 aromatic heterocycles. The molecule has 9 aromatic rings. The Morgan fingerprint density at radius 1 is 0.585 bits per heavy atom. The first-order valence-electron chi connectivity index (χ1n) is 18.8. The largest absolute Gasteiger partial charge is 0.453 e. The molecule has 0 radical (unpaired) electrons. The molecule has 12 rings (SSSR count). The molecule has 3 nitrogen and oxygen atoms in total. The van der Waals surface area contributed by atoms with Crippen LogP contribution in [0, 0.1) is 0 Å². The van der Waals surface area contributed by atoms with Gasteiger partial charge in [-0.1, -0.05) is 108 Å². The molecule has 254 valence electrons. The van der Waals surface area contributed by atoms with Gasteiger partial charge in [0.15, 0.2) is 5.75 Å². The van der Waals surface area contributed by atoms with Crippen molar-refractivity contribution in [1.29, 1.82) is 0 Å². The highest BCUT2D eigenvalue weighted by atomic mass is 32.1. The summed E-state index contributed by atoms with van der Waals surface area (Å²) in [4.78, 5) is 2.63. The summed E-state index contributed by atoms with van der Waals surface area (Å²) in [6, 6.07) is 43.8. The fourth-order valence-corrected chi connectivity index (χ4v) is 10.8. The van der Waals surface area contributed by atoms with E-state index in [-0.39, 0.29) is 17.7 Å². The molecular weight excluding hydrogens is 663 g/mol. The number of hydrogen-bond donors (Lipinski definition) is 0. The zero-order valence-corrected chi connectivity index (χ0v) is 31.6. The van der Waals surface area contributed by atoms with Crippen molar-refractivity contribution in [3.63, 3.8) is 0 Å². The molecule has 5 heterocycles. The average molecular weight is 701 g/mol. The molecular formula is C48H37BN2OS. The summed E-state index contributed by atoms with van der Waals surface area (Å²) >= 11 is 1.91. The summed E-state index contributed by atoms with van der Waals surface area (Å²) in [5, 5.41) is 7.93. The highest BCUT2D eigenvalue weighted by molar-refractivity contribution is 7.26. The standard InChI is InChI=1S/C48H37BN2OS/c1-47(2,3)26-18-20-35-33(22-26)43-30-14-8-7-13-29(30)42-31-15-11-16-38-45(31)51(36-21-19-27(48(4,5)6)23-39(36)52-38)49-34-25-41-32(28-12-9-10-17-40(28)53-41)24-37(34)50(35)46(43)44(42)49/h7-25H,1-6H3. The first-order chi connectivity index (χ1) is 25.6. The molecule has 3 aliphatic heterocycles. The van der Waals surface area contributed by atoms with Gasteiger partial charge in [-0.15, -0.1) is 11.3 Å². The predicted octanol–water partition coefficient (Wildman–Crippen LogP) is 12.2. The summed E-state index contributed by atoms with van der Waals surface area (Å²) in [5.41, 5.74) is 14.1. The van der Waals surface area contributed by atoms with Crippen molar-refractivity contribution in [2.75, 3.05) is 4.81 Å². The maximum Gasteiger partial charge on any atom is 0.333 e. The van der Waals surface area contributed by atoms with Crippen LogP contribution in [-0.4, -0.2) is 11.4 Å². The number of nitrogens with zero attached hydrogens (tertiary/aromatic N) is 2. The summed E-state index contributed by atoms with van der Waals surface area (Å²) in [5.74, 6) is 1.84. The van der Waals surface area contributed by atoms with Gasteiger partial charge < -0.3 is 14.1 Å². The Hall–Kier alpha value is -5.52. The molecule has 0 unspecified atom stereocenters. The Morgan fingerprint density at radius 3 is 2.13 bits per heavy atom. The van der Waals surface area contributed by atoms with Gasteiger partial charge in [0.05, 0.1) is 22.4 Å². The van der Waals surface area contributed by atoms with Gasteiger partial charge >= 0.3 is 6.85 Å². The third-order valence-corrected chi connectivity index (χ3v) is 13.4. The zero-order valence-electron chi connectivity index (χ0n) is 30.8. The average Bonchev–Trinajstić information content (AvgIpc) is 3.69. The fourth-order valence-electron chi connectivity index (χ4n) is 9.71. The lowest BCUT2D eigenvalue weighted by Crippen LogP contribution is -2.61. The first-order valence-corrected chi connectivity index (χ1v) is 19.6. The molecule has 0 N–H and O–H groups in total. The maximum atomic E-state index is 6.93. The highest BCUT2D eigenvalue weighted by Crippen LogP contribution is 2.57. The van der Waals surface area contributed by atoms with E-state index < -0.39 is 0 Å². The first kappa shape index (κ1) is 30.0. The molecule has 7 aromatic carbocycles. The summed E-state index contributed by atoms with van der Waals surface area (Å²) in [6.45, 7) is 13.7. The minimum Gasteiger partial charge on any atom is -0.453 e. The van der Waals surface area contributed by atoms with Crippen molar-refractivity contribution >= 4 is 93.2 Å². The zero-order chi connectivity index (χ0) is 35.7. The molecule has 53 heavy (non-hydrogen) atoms. The smallest absolute Gasteiger partial charge is 0.333 e. The van der Waals surface area contributed by atoms with Crippen LogP contribution in [0.1, 0.15) is 52.7 Å². The number of anilines is 2. The van der Waals surface area contributed by atoms with Crippen LogP contribution < -0.4 is 20.5 Å². The number of para-hydroxylation sites is 1. The number of fused-ring (bicyclic) bond motifs is 16. The van der Waals surface area contributed by atoms with E-state index in [0.29, 0.717) is 0 Å². The quantitative estimate of drug-likeness (QED) is 0.147. The summed E-state index contributed by atoms with van der Waals surface area (Å²) in [7, 11) is 0. The van der Waals surface area contributed by atoms with Crippen molar-refractivity contribution < 1.29 is 4.74 Å². The molecule has 0 saturated heterocycles. The summed E-state index contributed by atoms with van der Waals surface area (Å²) in [6.07, 6.45) is 0. The van der Waals surface area contributed by atoms with Crippen LogP contribution in [0.3, 0.4) is 0 Å². The molecule has 0 aliphatic carbocycles. The summed E-state index contributed by atoms with van der Waals surface area (Å²) < 4.78 is 12.2. The highest BCUT2D eigenvalue weighted by Gasteiger charge is 2.48. The van der Waals surface area contributed by atoms with E-state index in [0.717, 1.165) is 22.9 Å². The number of aromatic nitrogens is 1. The van der Waals surface area contributed by atoms with Gasteiger partial charge in [-0.3, -0.25) is 0 Å². The lowest BCUT2D eigenvalue weighted by molar-refractivity contribution is 0.474. The van der Waals surface area contributed by atoms with Crippen LogP contribution in [0.25, 0.3) is 69.6 Å². The molecule has 0 spiro atoms. The van der Waals surface area contributed by atoms with E-state index in [1.165, 1.54) is 91.6 Å². The van der Waals surface area contributed by atoms with E-state index in [1.807, 2.05) is 11.3 Å². The van der Waals surface area contributed by atoms with Crippen LogP contribution in [0.15, 0.2) is 115 Å². The Balaban J connectivity index is 1.32. The topological polar surface area (TPSA) is 17.4 Å². The Morgan fingerprint density at radius 2 is 1.32 bits per heavy atom. The molecule has 3 aliphatic rings. The number of hydrogen-bond acceptors (Lipinski definition) is 3. The van der Waals surface area contributed by atoms with Crippen LogP contribution in [0.5, 0.6) is 11.5 Å². The van der Waals surface area contributed by atoms with Crippen molar-refractivity contribution in [3.8, 4) is 28.3 Å². The molecule has 0 atom stereocenters. The molecule has 0 saturated carbocycles. The second-order valence-corrected chi connectivity index (χ2v) is 18.4. The van der Waals surface area contributed by atoms with E-state index in [2.05, 4.69) is 166 Å². The Labute approximate surface area is 313 Å². The minimum absolute atomic E-state index is 0.00282. The second-order valence-electron chi connectivity index (χ2n) is 17.3. The van der Waals surface area contributed by atoms with Gasteiger partial charge in [-0.2, -0.15) is 0 Å². The van der Waals surface area contributed by atoms with Crippen LogP contribution in [-0.2, 0) is 10.8 Å². The number of rotatable bonds is 0. The second kappa shape index (κ2) is 9.72. The fraction of sp³-hybridized carbons (Fsp3) is 0.167. The van der Waals surface area contributed by atoms with E-state index in [1.54, 1.807) is 0 Å². The Kier molecular flexibility index (Phi) is 5.50.